The molecule has 0 amide bonds. The number of hydrogen-bond donors (Lipinski definition) is 0. The van der Waals surface area contributed by atoms with Gasteiger partial charge in [-0.2, -0.15) is 9.57 Å². The van der Waals surface area contributed by atoms with Crippen molar-refractivity contribution in [3.8, 4) is 11.8 Å². The van der Waals surface area contributed by atoms with Crippen LogP contribution in [0.25, 0.3) is 21.9 Å². The number of ether oxygens (including phenoxy) is 1. The molecule has 0 saturated carbocycles. The number of carbonyl (C=O) groups is 1. The average Bonchev–Trinajstić information content (AvgIpc) is 3.36. The van der Waals surface area contributed by atoms with E-state index in [-0.39, 0.29) is 10.5 Å². The fraction of sp³-hybridized carbons (Fsp3) is 0.233. The van der Waals surface area contributed by atoms with E-state index in [1.54, 1.807) is 30.3 Å². The largest absolute Gasteiger partial charge is 0.423 e. The molecular weight excluding hydrogens is 530 g/mol. The van der Waals surface area contributed by atoms with Gasteiger partial charge in [-0.1, -0.05) is 38.1 Å². The second kappa shape index (κ2) is 11.1. The Morgan fingerprint density at radius 1 is 1.03 bits per heavy atom. The van der Waals surface area contributed by atoms with E-state index < -0.39 is 16.0 Å². The van der Waals surface area contributed by atoms with Crippen LogP contribution in [0.3, 0.4) is 0 Å². The molecular formula is C30H27N3O4S2. The summed E-state index contributed by atoms with van der Waals surface area (Å²) >= 11 is 1.46. The van der Waals surface area contributed by atoms with Gasteiger partial charge in [0.2, 0.25) is 10.0 Å². The van der Waals surface area contributed by atoms with E-state index in [0.29, 0.717) is 41.3 Å². The molecule has 3 aromatic carbocycles. The number of nitrogens with zero attached hydrogens (tertiary/aromatic N) is 3. The Labute approximate surface area is 232 Å². The number of hydrogen-bond acceptors (Lipinski definition) is 7. The maximum absolute atomic E-state index is 13.1. The Hall–Kier alpha value is -3.84. The van der Waals surface area contributed by atoms with E-state index in [0.717, 1.165) is 22.2 Å². The van der Waals surface area contributed by atoms with Crippen molar-refractivity contribution in [2.24, 2.45) is 11.8 Å². The molecule has 9 heteroatoms. The normalized spacial score (nSPS) is 18.5. The first-order chi connectivity index (χ1) is 18.7. The van der Waals surface area contributed by atoms with E-state index >= 15 is 0 Å². The van der Waals surface area contributed by atoms with Gasteiger partial charge >= 0.3 is 5.97 Å². The van der Waals surface area contributed by atoms with Crippen molar-refractivity contribution >= 4 is 49.2 Å². The van der Waals surface area contributed by atoms with Crippen molar-refractivity contribution < 1.29 is 17.9 Å². The number of carbonyl (C=O) groups excluding carboxylic acids is 1. The fourth-order valence-electron chi connectivity index (χ4n) is 4.81. The maximum atomic E-state index is 13.1. The fourth-order valence-corrected chi connectivity index (χ4v) is 7.42. The van der Waals surface area contributed by atoms with E-state index in [1.807, 2.05) is 24.3 Å². The second-order valence-corrected chi connectivity index (χ2v) is 12.9. The number of allylic oxidation sites excluding steroid dienone is 1. The van der Waals surface area contributed by atoms with Crippen molar-refractivity contribution in [3.63, 3.8) is 0 Å². The molecule has 1 saturated heterocycles. The number of fused-ring (bicyclic) bond motifs is 1. The molecule has 1 aliphatic heterocycles. The number of benzene rings is 3. The number of piperidine rings is 1. The number of esters is 1. The molecule has 0 unspecified atom stereocenters. The molecule has 1 aromatic heterocycles. The minimum atomic E-state index is -3.63. The van der Waals surface area contributed by atoms with Crippen LogP contribution in [0.1, 0.15) is 41.2 Å². The standard InChI is InChI=1S/C30H27N3O4S2/c1-20-15-21(2)19-33(18-20)39(35,36)26-13-9-23(10-14-26)30(34)37-25-11-7-22(8-12-25)16-24(17-31)29-32-27-5-3-4-6-28(27)38-29/h3-14,16,20-21H,15,18-19H2,1-2H3/b24-16+/t20-,21-/m0/s1. The monoisotopic (exact) mass is 557 g/mol. The molecule has 1 aliphatic rings. The summed E-state index contributed by atoms with van der Waals surface area (Å²) in [5, 5.41) is 10.3. The van der Waals surface area contributed by atoms with Gasteiger partial charge in [-0.05, 0) is 78.4 Å². The Balaban J connectivity index is 1.26. The topological polar surface area (TPSA) is 100 Å². The van der Waals surface area contributed by atoms with Gasteiger partial charge in [-0.15, -0.1) is 11.3 Å². The summed E-state index contributed by atoms with van der Waals surface area (Å²) in [4.78, 5) is 17.4. The predicted octanol–water partition coefficient (Wildman–Crippen LogP) is 6.25. The van der Waals surface area contributed by atoms with Gasteiger partial charge in [0.25, 0.3) is 0 Å². The Morgan fingerprint density at radius 3 is 2.33 bits per heavy atom. The highest BCUT2D eigenvalue weighted by Gasteiger charge is 2.31. The number of rotatable bonds is 6. The van der Waals surface area contributed by atoms with Gasteiger partial charge in [0.05, 0.1) is 26.2 Å². The van der Waals surface area contributed by atoms with Crippen molar-refractivity contribution in [3.05, 3.63) is 88.9 Å². The number of nitriles is 1. The molecule has 5 rings (SSSR count). The zero-order chi connectivity index (χ0) is 27.6. The van der Waals surface area contributed by atoms with E-state index in [9.17, 15) is 18.5 Å². The zero-order valence-corrected chi connectivity index (χ0v) is 23.2. The summed E-state index contributed by atoms with van der Waals surface area (Å²) in [6.07, 6.45) is 2.75. The van der Waals surface area contributed by atoms with Crippen LogP contribution in [0.2, 0.25) is 0 Å². The van der Waals surface area contributed by atoms with Crippen LogP contribution < -0.4 is 4.74 Å². The van der Waals surface area contributed by atoms with E-state index in [2.05, 4.69) is 24.9 Å². The quantitative estimate of drug-likeness (QED) is 0.158. The lowest BCUT2D eigenvalue weighted by Gasteiger charge is -2.34. The van der Waals surface area contributed by atoms with Gasteiger partial charge in [0.1, 0.15) is 16.8 Å². The van der Waals surface area contributed by atoms with Crippen LogP contribution in [0.5, 0.6) is 5.75 Å². The van der Waals surface area contributed by atoms with Crippen molar-refractivity contribution in [1.82, 2.24) is 9.29 Å². The molecule has 7 nitrogen and oxygen atoms in total. The minimum Gasteiger partial charge on any atom is -0.423 e. The van der Waals surface area contributed by atoms with Gasteiger partial charge < -0.3 is 4.74 Å². The predicted molar refractivity (Wildman–Crippen MR) is 153 cm³/mol. The third-order valence-corrected chi connectivity index (χ3v) is 9.53. The number of aromatic nitrogens is 1. The Bertz CT molecular complexity index is 1640. The van der Waals surface area contributed by atoms with Crippen LogP contribution in [0, 0.1) is 23.2 Å². The molecule has 0 bridgehead atoms. The summed E-state index contributed by atoms with van der Waals surface area (Å²) in [5.74, 6) is 0.357. The average molecular weight is 558 g/mol. The number of sulfonamides is 1. The van der Waals surface area contributed by atoms with Gasteiger partial charge in [0.15, 0.2) is 0 Å². The number of para-hydroxylation sites is 1. The molecule has 39 heavy (non-hydrogen) atoms. The molecule has 0 aliphatic carbocycles. The summed E-state index contributed by atoms with van der Waals surface area (Å²) in [6.45, 7) is 5.12. The lowest BCUT2D eigenvalue weighted by molar-refractivity contribution is 0.0734. The third-order valence-electron chi connectivity index (χ3n) is 6.61. The van der Waals surface area contributed by atoms with Crippen molar-refractivity contribution in [2.75, 3.05) is 13.1 Å². The van der Waals surface area contributed by atoms with E-state index in [1.165, 1.54) is 39.9 Å². The van der Waals surface area contributed by atoms with Crippen LogP contribution in [-0.4, -0.2) is 36.8 Å². The smallest absolute Gasteiger partial charge is 0.343 e. The van der Waals surface area contributed by atoms with Crippen molar-refractivity contribution in [1.29, 1.82) is 5.26 Å². The third kappa shape index (κ3) is 5.93. The molecule has 2 atom stereocenters. The first kappa shape index (κ1) is 26.8. The summed E-state index contributed by atoms with van der Waals surface area (Å²) in [7, 11) is -3.63. The van der Waals surface area contributed by atoms with E-state index in [4.69, 9.17) is 4.74 Å². The first-order valence-corrected chi connectivity index (χ1v) is 14.9. The van der Waals surface area contributed by atoms with Gasteiger partial charge in [-0.25, -0.2) is 18.2 Å². The highest BCUT2D eigenvalue weighted by Crippen LogP contribution is 2.29. The zero-order valence-electron chi connectivity index (χ0n) is 21.6. The molecule has 2 heterocycles. The first-order valence-electron chi connectivity index (χ1n) is 12.6. The van der Waals surface area contributed by atoms with Gasteiger partial charge in [0, 0.05) is 13.1 Å². The molecule has 1 fully saturated rings. The molecule has 0 radical (unpaired) electrons. The highest BCUT2D eigenvalue weighted by molar-refractivity contribution is 7.89. The maximum Gasteiger partial charge on any atom is 0.343 e. The SMILES string of the molecule is C[C@H]1C[C@H](C)CN(S(=O)(=O)c2ccc(C(=O)Oc3ccc(/C=C(\C#N)c4nc5ccccc5s4)cc3)cc2)C1. The molecule has 0 spiro atoms. The van der Waals surface area contributed by atoms with Gasteiger partial charge in [-0.3, -0.25) is 0 Å². The lowest BCUT2D eigenvalue weighted by atomic mass is 9.94. The minimum absolute atomic E-state index is 0.165. The molecule has 4 aromatic rings. The van der Waals surface area contributed by atoms with Crippen LogP contribution in [0.4, 0.5) is 0 Å². The van der Waals surface area contributed by atoms with Crippen LogP contribution in [0.15, 0.2) is 77.7 Å². The van der Waals surface area contributed by atoms with Crippen molar-refractivity contribution in [2.45, 2.75) is 25.2 Å². The number of thiazole rings is 1. The van der Waals surface area contributed by atoms with Crippen LogP contribution in [-0.2, 0) is 10.0 Å². The lowest BCUT2D eigenvalue weighted by Crippen LogP contribution is -2.42. The Kier molecular flexibility index (Phi) is 7.62. The van der Waals surface area contributed by atoms with Crippen LogP contribution >= 0.6 is 11.3 Å². The molecule has 198 valence electrons. The summed E-state index contributed by atoms with van der Waals surface area (Å²) in [5.41, 5.74) is 2.31. The molecule has 0 N–H and O–H groups in total. The highest BCUT2D eigenvalue weighted by atomic mass is 32.2. The Morgan fingerprint density at radius 2 is 1.69 bits per heavy atom. The summed E-state index contributed by atoms with van der Waals surface area (Å²) in [6, 6.07) is 22.6. The summed E-state index contributed by atoms with van der Waals surface area (Å²) < 4.78 is 34.2. The second-order valence-electron chi connectivity index (χ2n) is 9.91.